The van der Waals surface area contributed by atoms with Gasteiger partial charge >= 0.3 is 0 Å². The molecule has 2 heterocycles. The van der Waals surface area contributed by atoms with Gasteiger partial charge in [0.2, 0.25) is 11.5 Å². The smallest absolute Gasteiger partial charge is 0.254 e. The molecule has 6 heteroatoms. The number of hydrogen-bond acceptors (Lipinski definition) is 3. The molecule has 0 aromatic carbocycles. The molecule has 0 radical (unpaired) electrons. The topological polar surface area (TPSA) is 82.3 Å². The molecule has 0 bridgehead atoms. The molecule has 2 atom stereocenters. The maximum absolute atomic E-state index is 12.5. The Bertz CT molecular complexity index is 595. The number of carbonyl (C=O) groups is 2. The zero-order valence-corrected chi connectivity index (χ0v) is 11.1. The molecule has 3 rings (SSSR count). The number of fused-ring (bicyclic) bond motifs is 1. The number of aromatic amines is 1. The van der Waals surface area contributed by atoms with E-state index in [9.17, 15) is 14.4 Å². The van der Waals surface area contributed by atoms with Crippen molar-refractivity contribution in [3.05, 3.63) is 34.2 Å². The van der Waals surface area contributed by atoms with Gasteiger partial charge < -0.3 is 15.2 Å². The molecule has 1 aliphatic carbocycles. The Morgan fingerprint density at radius 1 is 1.25 bits per heavy atom. The van der Waals surface area contributed by atoms with Crippen LogP contribution in [0.2, 0.25) is 0 Å². The monoisotopic (exact) mass is 275 g/mol. The van der Waals surface area contributed by atoms with E-state index < -0.39 is 0 Å². The fourth-order valence-corrected chi connectivity index (χ4v) is 3.14. The molecule has 1 aliphatic heterocycles. The second-order valence-electron chi connectivity index (χ2n) is 5.40. The molecule has 0 spiro atoms. The van der Waals surface area contributed by atoms with Gasteiger partial charge in [-0.1, -0.05) is 12.8 Å². The van der Waals surface area contributed by atoms with E-state index in [1.54, 1.807) is 11.0 Å². The summed E-state index contributed by atoms with van der Waals surface area (Å²) >= 11 is 0. The molecule has 20 heavy (non-hydrogen) atoms. The van der Waals surface area contributed by atoms with Crippen LogP contribution in [0.15, 0.2) is 23.1 Å². The largest absolute Gasteiger partial charge is 0.350 e. The lowest BCUT2D eigenvalue weighted by Gasteiger charge is -2.43. The van der Waals surface area contributed by atoms with E-state index in [0.717, 1.165) is 25.7 Å². The van der Waals surface area contributed by atoms with Crippen LogP contribution in [-0.4, -0.2) is 40.3 Å². The first-order valence-corrected chi connectivity index (χ1v) is 6.94. The Labute approximate surface area is 116 Å². The molecule has 2 aliphatic rings. The summed E-state index contributed by atoms with van der Waals surface area (Å²) in [6.07, 6.45) is 5.41. The van der Waals surface area contributed by atoms with Crippen molar-refractivity contribution in [2.75, 3.05) is 6.54 Å². The number of rotatable bonds is 1. The van der Waals surface area contributed by atoms with Crippen molar-refractivity contribution in [2.45, 2.75) is 37.8 Å². The van der Waals surface area contributed by atoms with Gasteiger partial charge in [0.1, 0.15) is 6.54 Å². The molecular weight excluding hydrogens is 258 g/mol. The van der Waals surface area contributed by atoms with E-state index in [1.165, 1.54) is 12.3 Å². The van der Waals surface area contributed by atoms with Gasteiger partial charge in [0.15, 0.2) is 0 Å². The van der Waals surface area contributed by atoms with Crippen molar-refractivity contribution in [3.63, 3.8) is 0 Å². The van der Waals surface area contributed by atoms with Gasteiger partial charge in [0, 0.05) is 23.9 Å². The molecule has 1 saturated carbocycles. The van der Waals surface area contributed by atoms with Crippen LogP contribution in [0, 0.1) is 0 Å². The Balaban J connectivity index is 1.88. The standard InChI is InChI=1S/C14H17N3O3/c18-12-7-9(5-6-15-12)14(20)17-8-13(19)16-10-3-1-2-4-11(10)17/h5-7,10-11H,1-4,8H2,(H,15,18)(H,16,19)/t10-,11+/m0/s1. The number of hydrogen-bond donors (Lipinski definition) is 2. The average Bonchev–Trinajstić information content (AvgIpc) is 2.45. The van der Waals surface area contributed by atoms with Crippen molar-refractivity contribution in [3.8, 4) is 0 Å². The summed E-state index contributed by atoms with van der Waals surface area (Å²) in [5, 5.41) is 2.97. The SMILES string of the molecule is O=C1CN(C(=O)c2cc[nH]c(=O)c2)[C@@H]2CCCC[C@@H]2N1. The van der Waals surface area contributed by atoms with Crippen LogP contribution in [0.5, 0.6) is 0 Å². The van der Waals surface area contributed by atoms with Gasteiger partial charge in [0.25, 0.3) is 5.91 Å². The third-order valence-corrected chi connectivity index (χ3v) is 4.07. The number of nitrogens with one attached hydrogen (secondary N) is 2. The fourth-order valence-electron chi connectivity index (χ4n) is 3.14. The number of pyridine rings is 1. The Morgan fingerprint density at radius 3 is 2.85 bits per heavy atom. The van der Waals surface area contributed by atoms with Crippen molar-refractivity contribution >= 4 is 11.8 Å². The number of amides is 2. The molecule has 2 amide bonds. The Hall–Kier alpha value is -2.11. The first-order valence-electron chi connectivity index (χ1n) is 6.94. The minimum absolute atomic E-state index is 0.0493. The summed E-state index contributed by atoms with van der Waals surface area (Å²) in [6, 6.07) is 2.96. The van der Waals surface area contributed by atoms with Crippen LogP contribution >= 0.6 is 0 Å². The van der Waals surface area contributed by atoms with E-state index in [1.807, 2.05) is 0 Å². The number of H-pyrrole nitrogens is 1. The highest BCUT2D eigenvalue weighted by Gasteiger charge is 2.38. The molecule has 2 N–H and O–H groups in total. The van der Waals surface area contributed by atoms with Crippen LogP contribution in [0.4, 0.5) is 0 Å². The van der Waals surface area contributed by atoms with Gasteiger partial charge in [-0.3, -0.25) is 14.4 Å². The highest BCUT2D eigenvalue weighted by Crippen LogP contribution is 2.26. The second kappa shape index (κ2) is 5.11. The van der Waals surface area contributed by atoms with Crippen LogP contribution < -0.4 is 10.9 Å². The third-order valence-electron chi connectivity index (χ3n) is 4.07. The fraction of sp³-hybridized carbons (Fsp3) is 0.500. The summed E-state index contributed by atoms with van der Waals surface area (Å²) in [5.74, 6) is -0.353. The second-order valence-corrected chi connectivity index (χ2v) is 5.40. The van der Waals surface area contributed by atoms with Crippen molar-refractivity contribution in [1.82, 2.24) is 15.2 Å². The lowest BCUT2D eigenvalue weighted by molar-refractivity contribution is -0.127. The lowest BCUT2D eigenvalue weighted by Crippen LogP contribution is -2.62. The highest BCUT2D eigenvalue weighted by atomic mass is 16.2. The summed E-state index contributed by atoms with van der Waals surface area (Å²) < 4.78 is 0. The Morgan fingerprint density at radius 2 is 2.05 bits per heavy atom. The zero-order chi connectivity index (χ0) is 14.1. The zero-order valence-electron chi connectivity index (χ0n) is 11.1. The van der Waals surface area contributed by atoms with Gasteiger partial charge in [-0.2, -0.15) is 0 Å². The first kappa shape index (κ1) is 12.9. The summed E-state index contributed by atoms with van der Waals surface area (Å²) in [6.45, 7) is 0.0762. The summed E-state index contributed by atoms with van der Waals surface area (Å²) in [4.78, 5) is 39.7. The summed E-state index contributed by atoms with van der Waals surface area (Å²) in [7, 11) is 0. The predicted molar refractivity (Wildman–Crippen MR) is 72.3 cm³/mol. The number of aromatic nitrogens is 1. The predicted octanol–water partition coefficient (Wildman–Crippen LogP) is 0.258. The number of carbonyl (C=O) groups excluding carboxylic acids is 2. The molecule has 6 nitrogen and oxygen atoms in total. The van der Waals surface area contributed by atoms with E-state index >= 15 is 0 Å². The van der Waals surface area contributed by atoms with E-state index in [0.29, 0.717) is 5.56 Å². The highest BCUT2D eigenvalue weighted by molar-refractivity contribution is 5.97. The molecule has 0 unspecified atom stereocenters. The van der Waals surface area contributed by atoms with Crippen LogP contribution in [-0.2, 0) is 4.79 Å². The minimum Gasteiger partial charge on any atom is -0.350 e. The maximum Gasteiger partial charge on any atom is 0.254 e. The number of nitrogens with zero attached hydrogens (tertiary/aromatic N) is 1. The van der Waals surface area contributed by atoms with Crippen LogP contribution in [0.1, 0.15) is 36.0 Å². The Kier molecular flexibility index (Phi) is 3.30. The van der Waals surface area contributed by atoms with E-state index in [4.69, 9.17) is 0 Å². The molecule has 1 saturated heterocycles. The third kappa shape index (κ3) is 2.33. The van der Waals surface area contributed by atoms with E-state index in [-0.39, 0.29) is 36.0 Å². The van der Waals surface area contributed by atoms with Crippen molar-refractivity contribution in [1.29, 1.82) is 0 Å². The summed E-state index contributed by atoms with van der Waals surface area (Å²) in [5.41, 5.74) is 0.0327. The lowest BCUT2D eigenvalue weighted by atomic mass is 9.87. The maximum atomic E-state index is 12.5. The van der Waals surface area contributed by atoms with Crippen molar-refractivity contribution in [2.24, 2.45) is 0 Å². The molecule has 1 aromatic rings. The van der Waals surface area contributed by atoms with Gasteiger partial charge in [-0.05, 0) is 18.9 Å². The number of piperazine rings is 1. The van der Waals surface area contributed by atoms with Crippen LogP contribution in [0.3, 0.4) is 0 Å². The van der Waals surface area contributed by atoms with E-state index in [2.05, 4.69) is 10.3 Å². The normalized spacial score (nSPS) is 25.8. The van der Waals surface area contributed by atoms with Gasteiger partial charge in [-0.25, -0.2) is 0 Å². The quantitative estimate of drug-likeness (QED) is 0.771. The van der Waals surface area contributed by atoms with Crippen molar-refractivity contribution < 1.29 is 9.59 Å². The first-order chi connectivity index (χ1) is 9.65. The molecule has 2 fully saturated rings. The molecule has 1 aromatic heterocycles. The van der Waals surface area contributed by atoms with Gasteiger partial charge in [-0.15, -0.1) is 0 Å². The molecular formula is C14H17N3O3. The molecule has 106 valence electrons. The van der Waals surface area contributed by atoms with Gasteiger partial charge in [0.05, 0.1) is 6.04 Å². The van der Waals surface area contributed by atoms with Crippen LogP contribution in [0.25, 0.3) is 0 Å². The minimum atomic E-state index is -0.308. The average molecular weight is 275 g/mol.